The van der Waals surface area contributed by atoms with E-state index in [4.69, 9.17) is 20.8 Å². The van der Waals surface area contributed by atoms with Crippen LogP contribution in [-0.2, 0) is 16.1 Å². The highest BCUT2D eigenvalue weighted by Crippen LogP contribution is 2.22. The lowest BCUT2D eigenvalue weighted by molar-refractivity contribution is -0.122. The summed E-state index contributed by atoms with van der Waals surface area (Å²) in [6, 6.07) is 8.86. The Bertz CT molecular complexity index is 788. The number of halogens is 1. The number of furan rings is 1. The molecule has 7 heteroatoms. The zero-order valence-corrected chi connectivity index (χ0v) is 16.1. The lowest BCUT2D eigenvalue weighted by atomic mass is 10.1. The van der Waals surface area contributed by atoms with Gasteiger partial charge in [-0.05, 0) is 38.6 Å². The number of carbonyl (C=O) groups excluding carboxylic acids is 2. The molecule has 140 valence electrons. The van der Waals surface area contributed by atoms with E-state index in [0.29, 0.717) is 28.7 Å². The molecular weight excluding hydrogens is 356 g/mol. The summed E-state index contributed by atoms with van der Waals surface area (Å²) < 4.78 is 10.3. The largest absolute Gasteiger partial charge is 0.465 e. The predicted molar refractivity (Wildman–Crippen MR) is 99.1 cm³/mol. The molecule has 0 spiro atoms. The fourth-order valence-corrected chi connectivity index (χ4v) is 2.99. The third-order valence-electron chi connectivity index (χ3n) is 3.96. The van der Waals surface area contributed by atoms with E-state index in [-0.39, 0.29) is 18.5 Å². The SMILES string of the molecule is COC(=O)c1cc(CN(C)CC(=O)NC(C)c2ccccc2Cl)oc1C. The number of amides is 1. The molecule has 2 rings (SSSR count). The number of likely N-dealkylation sites (N-methyl/N-ethyl adjacent to an activating group) is 1. The first kappa shape index (κ1) is 20.0. The van der Waals surface area contributed by atoms with E-state index < -0.39 is 5.97 Å². The Labute approximate surface area is 158 Å². The number of carbonyl (C=O) groups is 2. The number of rotatable bonds is 7. The first-order chi connectivity index (χ1) is 12.3. The molecule has 6 nitrogen and oxygen atoms in total. The summed E-state index contributed by atoms with van der Waals surface area (Å²) in [5.41, 5.74) is 1.27. The van der Waals surface area contributed by atoms with Gasteiger partial charge in [-0.15, -0.1) is 0 Å². The molecular formula is C19H23ClN2O4. The molecule has 26 heavy (non-hydrogen) atoms. The molecule has 0 radical (unpaired) electrons. The van der Waals surface area contributed by atoms with Crippen LogP contribution in [0.3, 0.4) is 0 Å². The van der Waals surface area contributed by atoms with Crippen molar-refractivity contribution in [2.45, 2.75) is 26.4 Å². The maximum Gasteiger partial charge on any atom is 0.341 e. The van der Waals surface area contributed by atoms with Crippen molar-refractivity contribution in [2.75, 3.05) is 20.7 Å². The van der Waals surface area contributed by atoms with Gasteiger partial charge in [-0.3, -0.25) is 9.69 Å². The molecule has 1 heterocycles. The molecule has 2 aromatic rings. The summed E-state index contributed by atoms with van der Waals surface area (Å²) in [6.07, 6.45) is 0. The van der Waals surface area contributed by atoms with Crippen LogP contribution in [0.15, 0.2) is 34.7 Å². The van der Waals surface area contributed by atoms with Gasteiger partial charge in [0.05, 0.1) is 26.2 Å². The highest BCUT2D eigenvalue weighted by Gasteiger charge is 2.18. The highest BCUT2D eigenvalue weighted by atomic mass is 35.5. The zero-order valence-electron chi connectivity index (χ0n) is 15.3. The summed E-state index contributed by atoms with van der Waals surface area (Å²) in [5, 5.41) is 3.55. The van der Waals surface area contributed by atoms with Crippen LogP contribution in [0.2, 0.25) is 5.02 Å². The number of aryl methyl sites for hydroxylation is 1. The molecule has 0 aliphatic rings. The minimum absolute atomic E-state index is 0.128. The van der Waals surface area contributed by atoms with Crippen molar-refractivity contribution >= 4 is 23.5 Å². The molecule has 0 bridgehead atoms. The maximum absolute atomic E-state index is 12.3. The second kappa shape index (κ2) is 8.87. The lowest BCUT2D eigenvalue weighted by Gasteiger charge is -2.19. The average Bonchev–Trinajstić information content (AvgIpc) is 2.94. The van der Waals surface area contributed by atoms with Gasteiger partial charge in [0.1, 0.15) is 17.1 Å². The van der Waals surface area contributed by atoms with Gasteiger partial charge in [0.15, 0.2) is 0 Å². The van der Waals surface area contributed by atoms with Crippen molar-refractivity contribution in [1.29, 1.82) is 0 Å². The molecule has 0 saturated carbocycles. The van der Waals surface area contributed by atoms with Crippen LogP contribution in [0.4, 0.5) is 0 Å². The van der Waals surface area contributed by atoms with Crippen LogP contribution >= 0.6 is 11.6 Å². The van der Waals surface area contributed by atoms with Gasteiger partial charge in [0.25, 0.3) is 0 Å². The second-order valence-corrected chi connectivity index (χ2v) is 6.56. The summed E-state index contributed by atoms with van der Waals surface area (Å²) in [6.45, 7) is 4.17. The van der Waals surface area contributed by atoms with Crippen molar-refractivity contribution in [1.82, 2.24) is 10.2 Å². The third kappa shape index (κ3) is 5.09. The molecule has 1 aromatic heterocycles. The smallest absolute Gasteiger partial charge is 0.341 e. The summed E-state index contributed by atoms with van der Waals surface area (Å²) >= 11 is 6.16. The van der Waals surface area contributed by atoms with E-state index >= 15 is 0 Å². The Hall–Kier alpha value is -2.31. The van der Waals surface area contributed by atoms with Gasteiger partial charge in [-0.1, -0.05) is 29.8 Å². The molecule has 1 unspecified atom stereocenters. The molecule has 0 fully saturated rings. The van der Waals surface area contributed by atoms with Crippen molar-refractivity contribution in [3.63, 3.8) is 0 Å². The number of nitrogens with zero attached hydrogens (tertiary/aromatic N) is 1. The van der Waals surface area contributed by atoms with E-state index in [1.807, 2.05) is 25.1 Å². The van der Waals surface area contributed by atoms with Crippen LogP contribution in [0, 0.1) is 6.92 Å². The van der Waals surface area contributed by atoms with E-state index in [1.165, 1.54) is 7.11 Å². The van der Waals surface area contributed by atoms with Gasteiger partial charge in [-0.25, -0.2) is 4.79 Å². The Morgan fingerprint density at radius 1 is 1.35 bits per heavy atom. The molecule has 0 aliphatic heterocycles. The van der Waals surface area contributed by atoms with E-state index in [2.05, 4.69) is 5.32 Å². The van der Waals surface area contributed by atoms with Gasteiger partial charge >= 0.3 is 5.97 Å². The highest BCUT2D eigenvalue weighted by molar-refractivity contribution is 6.31. The number of nitrogens with one attached hydrogen (secondary N) is 1. The van der Waals surface area contributed by atoms with Crippen LogP contribution < -0.4 is 5.32 Å². The topological polar surface area (TPSA) is 71.8 Å². The van der Waals surface area contributed by atoms with Gasteiger partial charge in [0, 0.05) is 5.02 Å². The lowest BCUT2D eigenvalue weighted by Crippen LogP contribution is -2.36. The van der Waals surface area contributed by atoms with E-state index in [9.17, 15) is 9.59 Å². The number of benzene rings is 1. The quantitative estimate of drug-likeness (QED) is 0.748. The molecule has 0 saturated heterocycles. The number of esters is 1. The molecule has 1 amide bonds. The Morgan fingerprint density at radius 2 is 2.04 bits per heavy atom. The van der Waals surface area contributed by atoms with Crippen LogP contribution in [-0.4, -0.2) is 37.5 Å². The molecule has 1 aromatic carbocycles. The van der Waals surface area contributed by atoms with Crippen molar-refractivity contribution < 1.29 is 18.7 Å². The molecule has 1 N–H and O–H groups in total. The Kier molecular flexibility index (Phi) is 6.83. The van der Waals surface area contributed by atoms with Crippen LogP contribution in [0.25, 0.3) is 0 Å². The van der Waals surface area contributed by atoms with E-state index in [0.717, 1.165) is 5.56 Å². The number of ether oxygens (including phenoxy) is 1. The van der Waals surface area contributed by atoms with Gasteiger partial charge < -0.3 is 14.5 Å². The third-order valence-corrected chi connectivity index (χ3v) is 4.31. The number of methoxy groups -OCH3 is 1. The van der Waals surface area contributed by atoms with E-state index in [1.54, 1.807) is 31.0 Å². The molecule has 1 atom stereocenters. The normalized spacial score (nSPS) is 12.1. The monoisotopic (exact) mass is 378 g/mol. The first-order valence-corrected chi connectivity index (χ1v) is 8.59. The first-order valence-electron chi connectivity index (χ1n) is 8.21. The van der Waals surface area contributed by atoms with Gasteiger partial charge in [-0.2, -0.15) is 0 Å². The fourth-order valence-electron chi connectivity index (χ4n) is 2.69. The second-order valence-electron chi connectivity index (χ2n) is 6.16. The van der Waals surface area contributed by atoms with Crippen molar-refractivity contribution in [2.24, 2.45) is 0 Å². The van der Waals surface area contributed by atoms with Gasteiger partial charge in [0.2, 0.25) is 5.91 Å². The van der Waals surface area contributed by atoms with Crippen LogP contribution in [0.1, 0.15) is 40.4 Å². The molecule has 0 aliphatic carbocycles. The summed E-state index contributed by atoms with van der Waals surface area (Å²) in [4.78, 5) is 25.7. The zero-order chi connectivity index (χ0) is 19.3. The standard InChI is InChI=1S/C19H23ClN2O4/c1-12(15-7-5-6-8-17(15)20)21-18(23)11-22(3)10-14-9-16(13(2)26-14)19(24)25-4/h5-9,12H,10-11H2,1-4H3,(H,21,23). The minimum atomic E-state index is -0.438. The maximum atomic E-state index is 12.3. The van der Waals surface area contributed by atoms with Crippen molar-refractivity contribution in [3.8, 4) is 0 Å². The Morgan fingerprint density at radius 3 is 2.69 bits per heavy atom. The average molecular weight is 379 g/mol. The number of hydrogen-bond acceptors (Lipinski definition) is 5. The van der Waals surface area contributed by atoms with Crippen molar-refractivity contribution in [3.05, 3.63) is 58.0 Å². The fraction of sp³-hybridized carbons (Fsp3) is 0.368. The van der Waals surface area contributed by atoms with Crippen LogP contribution in [0.5, 0.6) is 0 Å². The summed E-state index contributed by atoms with van der Waals surface area (Å²) in [5.74, 6) is 0.525. The predicted octanol–water partition coefficient (Wildman–Crippen LogP) is 3.34. The Balaban J connectivity index is 1.91. The summed E-state index contributed by atoms with van der Waals surface area (Å²) in [7, 11) is 3.13. The minimum Gasteiger partial charge on any atom is -0.465 e. The number of hydrogen-bond donors (Lipinski definition) is 1.